The van der Waals surface area contributed by atoms with Crippen LogP contribution in [0.3, 0.4) is 0 Å². The van der Waals surface area contributed by atoms with Crippen LogP contribution in [0.2, 0.25) is 0 Å². The molecular formula is C7H11N3O. The number of hydrogen-bond acceptors (Lipinski definition) is 2. The summed E-state index contributed by atoms with van der Waals surface area (Å²) in [7, 11) is 0. The number of nitrogens with zero attached hydrogens (tertiary/aromatic N) is 1. The van der Waals surface area contributed by atoms with E-state index in [0.717, 1.165) is 0 Å². The Bertz CT molecular complexity index is 194. The third-order valence-corrected chi connectivity index (χ3v) is 0.750. The number of allylic oxidation sites excluding steroid dienone is 4. The summed E-state index contributed by atoms with van der Waals surface area (Å²) in [6.07, 6.45) is 8.62. The predicted octanol–water partition coefficient (Wildman–Crippen LogP) is 0.773. The Labute approximate surface area is 65.5 Å². The van der Waals surface area contributed by atoms with Gasteiger partial charge in [0.15, 0.2) is 0 Å². The molecule has 11 heavy (non-hydrogen) atoms. The molecule has 0 aromatic rings. The lowest BCUT2D eigenvalue weighted by Gasteiger charge is -1.86. The Morgan fingerprint density at radius 3 is 2.73 bits per heavy atom. The van der Waals surface area contributed by atoms with E-state index in [4.69, 9.17) is 5.73 Å². The quantitative estimate of drug-likeness (QED) is 0.351. The van der Waals surface area contributed by atoms with Gasteiger partial charge in [-0.1, -0.05) is 18.2 Å². The maximum atomic E-state index is 10.0. The summed E-state index contributed by atoms with van der Waals surface area (Å²) in [6.45, 7) is 1.91. The van der Waals surface area contributed by atoms with Crippen LogP contribution in [0.1, 0.15) is 6.92 Å². The lowest BCUT2D eigenvalue weighted by Crippen LogP contribution is -2.24. The van der Waals surface area contributed by atoms with Gasteiger partial charge >= 0.3 is 6.03 Å². The highest BCUT2D eigenvalue weighted by Crippen LogP contribution is 1.72. The van der Waals surface area contributed by atoms with Crippen LogP contribution in [0.5, 0.6) is 0 Å². The van der Waals surface area contributed by atoms with E-state index in [1.807, 2.05) is 19.1 Å². The fourth-order valence-corrected chi connectivity index (χ4v) is 0.369. The average molecular weight is 153 g/mol. The second-order valence-electron chi connectivity index (χ2n) is 1.66. The molecule has 0 rings (SSSR count). The van der Waals surface area contributed by atoms with Crippen molar-refractivity contribution in [1.82, 2.24) is 5.43 Å². The molecule has 0 aliphatic heterocycles. The number of carbonyl (C=O) groups is 1. The van der Waals surface area contributed by atoms with Gasteiger partial charge in [-0.3, -0.25) is 0 Å². The van der Waals surface area contributed by atoms with E-state index in [1.165, 1.54) is 6.21 Å². The fourth-order valence-electron chi connectivity index (χ4n) is 0.369. The van der Waals surface area contributed by atoms with E-state index in [2.05, 4.69) is 10.5 Å². The van der Waals surface area contributed by atoms with Crippen LogP contribution in [0.15, 0.2) is 29.4 Å². The van der Waals surface area contributed by atoms with Crippen molar-refractivity contribution >= 4 is 12.2 Å². The van der Waals surface area contributed by atoms with Crippen molar-refractivity contribution in [3.63, 3.8) is 0 Å². The molecule has 0 unspecified atom stereocenters. The van der Waals surface area contributed by atoms with Crippen molar-refractivity contribution in [2.75, 3.05) is 0 Å². The highest BCUT2D eigenvalue weighted by Gasteiger charge is 1.79. The Morgan fingerprint density at radius 2 is 2.18 bits per heavy atom. The third-order valence-electron chi connectivity index (χ3n) is 0.750. The highest BCUT2D eigenvalue weighted by atomic mass is 16.2. The summed E-state index contributed by atoms with van der Waals surface area (Å²) < 4.78 is 0. The highest BCUT2D eigenvalue weighted by molar-refractivity contribution is 5.76. The Kier molecular flexibility index (Phi) is 5.60. The second kappa shape index (κ2) is 6.54. The van der Waals surface area contributed by atoms with E-state index >= 15 is 0 Å². The van der Waals surface area contributed by atoms with E-state index in [0.29, 0.717) is 0 Å². The number of hydrazone groups is 1. The maximum Gasteiger partial charge on any atom is 0.332 e. The summed E-state index contributed by atoms with van der Waals surface area (Å²) >= 11 is 0. The van der Waals surface area contributed by atoms with Crippen molar-refractivity contribution in [1.29, 1.82) is 0 Å². The van der Waals surface area contributed by atoms with E-state index in [1.54, 1.807) is 12.2 Å². The maximum absolute atomic E-state index is 10.0. The summed E-state index contributed by atoms with van der Waals surface area (Å²) in [5, 5.41) is 3.47. The Hall–Kier alpha value is -1.58. The number of carbonyl (C=O) groups excluding carboxylic acids is 1. The second-order valence-corrected chi connectivity index (χ2v) is 1.66. The number of nitrogens with one attached hydrogen (secondary N) is 1. The first-order valence-corrected chi connectivity index (χ1v) is 3.14. The summed E-state index contributed by atoms with van der Waals surface area (Å²) in [4.78, 5) is 10.0. The van der Waals surface area contributed by atoms with Gasteiger partial charge in [-0.05, 0) is 13.0 Å². The lowest BCUT2D eigenvalue weighted by molar-refractivity contribution is 0.249. The van der Waals surface area contributed by atoms with Gasteiger partial charge < -0.3 is 5.73 Å². The zero-order valence-corrected chi connectivity index (χ0v) is 6.32. The van der Waals surface area contributed by atoms with Gasteiger partial charge in [-0.25, -0.2) is 10.2 Å². The monoisotopic (exact) mass is 153 g/mol. The van der Waals surface area contributed by atoms with E-state index < -0.39 is 6.03 Å². The number of urea groups is 1. The first-order chi connectivity index (χ1) is 5.27. The molecule has 0 fully saturated rings. The molecule has 4 nitrogen and oxygen atoms in total. The van der Waals surface area contributed by atoms with Crippen molar-refractivity contribution in [2.45, 2.75) is 6.92 Å². The first-order valence-electron chi connectivity index (χ1n) is 3.14. The normalized spacial score (nSPS) is 11.7. The molecule has 0 atom stereocenters. The molecule has 0 aromatic heterocycles. The predicted molar refractivity (Wildman–Crippen MR) is 45.2 cm³/mol. The zero-order chi connectivity index (χ0) is 8.53. The molecular weight excluding hydrogens is 142 g/mol. The van der Waals surface area contributed by atoms with Gasteiger partial charge in [0.25, 0.3) is 0 Å². The third kappa shape index (κ3) is 8.42. The van der Waals surface area contributed by atoms with Crippen molar-refractivity contribution in [2.24, 2.45) is 10.8 Å². The topological polar surface area (TPSA) is 67.5 Å². The summed E-state index contributed by atoms with van der Waals surface area (Å²) in [5.41, 5.74) is 6.79. The van der Waals surface area contributed by atoms with Crippen molar-refractivity contribution in [3.05, 3.63) is 24.3 Å². The number of hydrogen-bond donors (Lipinski definition) is 2. The van der Waals surface area contributed by atoms with Crippen LogP contribution in [0.4, 0.5) is 4.79 Å². The van der Waals surface area contributed by atoms with Gasteiger partial charge in [0.2, 0.25) is 0 Å². The zero-order valence-electron chi connectivity index (χ0n) is 6.32. The number of nitrogens with two attached hydrogens (primary N) is 1. The minimum atomic E-state index is -0.666. The molecule has 0 aliphatic rings. The average Bonchev–Trinajstić information content (AvgIpc) is 1.96. The number of primary amides is 1. The number of amides is 2. The minimum absolute atomic E-state index is 0.666. The molecule has 0 saturated carbocycles. The van der Waals surface area contributed by atoms with Crippen LogP contribution in [0, 0.1) is 0 Å². The SMILES string of the molecule is C/C=C/C=C/C=N/NC(N)=O. The number of rotatable bonds is 3. The molecule has 0 radical (unpaired) electrons. The molecule has 0 aliphatic carbocycles. The summed E-state index contributed by atoms with van der Waals surface area (Å²) in [5.74, 6) is 0. The molecule has 60 valence electrons. The first kappa shape index (κ1) is 9.42. The molecule has 0 bridgehead atoms. The molecule has 0 spiro atoms. The molecule has 0 aromatic carbocycles. The van der Waals surface area contributed by atoms with Crippen molar-refractivity contribution < 1.29 is 4.79 Å². The standard InChI is InChI=1S/C7H11N3O/c1-2-3-4-5-6-9-10-7(8)11/h2-6H,1H3,(H3,8,10,11)/b3-2+,5-4+,9-6+. The molecule has 2 amide bonds. The minimum Gasteiger partial charge on any atom is -0.350 e. The molecule has 3 N–H and O–H groups in total. The molecule has 0 saturated heterocycles. The van der Waals surface area contributed by atoms with Gasteiger partial charge in [0.1, 0.15) is 0 Å². The Morgan fingerprint density at radius 1 is 1.45 bits per heavy atom. The summed E-state index contributed by atoms with van der Waals surface area (Å²) in [6, 6.07) is -0.666. The van der Waals surface area contributed by atoms with Gasteiger partial charge in [0, 0.05) is 6.21 Å². The molecule has 0 heterocycles. The lowest BCUT2D eigenvalue weighted by atomic mass is 10.4. The largest absolute Gasteiger partial charge is 0.350 e. The Balaban J connectivity index is 3.51. The van der Waals surface area contributed by atoms with E-state index in [9.17, 15) is 4.79 Å². The van der Waals surface area contributed by atoms with Crippen LogP contribution in [-0.4, -0.2) is 12.2 Å². The van der Waals surface area contributed by atoms with Crippen LogP contribution in [-0.2, 0) is 0 Å². The van der Waals surface area contributed by atoms with Gasteiger partial charge in [0.05, 0.1) is 0 Å². The van der Waals surface area contributed by atoms with Gasteiger partial charge in [-0.2, -0.15) is 5.10 Å². The van der Waals surface area contributed by atoms with Gasteiger partial charge in [-0.15, -0.1) is 0 Å². The van der Waals surface area contributed by atoms with Crippen LogP contribution >= 0.6 is 0 Å². The van der Waals surface area contributed by atoms with E-state index in [-0.39, 0.29) is 0 Å². The van der Waals surface area contributed by atoms with Crippen LogP contribution < -0.4 is 11.2 Å². The fraction of sp³-hybridized carbons (Fsp3) is 0.143. The van der Waals surface area contributed by atoms with Crippen molar-refractivity contribution in [3.8, 4) is 0 Å². The van der Waals surface area contributed by atoms with Crippen LogP contribution in [0.25, 0.3) is 0 Å². The smallest absolute Gasteiger partial charge is 0.332 e. The molecule has 4 heteroatoms.